The van der Waals surface area contributed by atoms with Crippen molar-refractivity contribution in [2.75, 3.05) is 5.73 Å². The maximum atomic E-state index is 11.3. The highest BCUT2D eigenvalue weighted by Crippen LogP contribution is 2.33. The van der Waals surface area contributed by atoms with E-state index in [4.69, 9.17) is 5.73 Å². The molecular formula is C14H12N2O3S2. The van der Waals surface area contributed by atoms with Crippen LogP contribution >= 0.6 is 11.3 Å². The minimum atomic E-state index is -4.24. The van der Waals surface area contributed by atoms with Gasteiger partial charge in [-0.2, -0.15) is 8.42 Å². The van der Waals surface area contributed by atoms with Gasteiger partial charge in [0.25, 0.3) is 10.1 Å². The summed E-state index contributed by atoms with van der Waals surface area (Å²) in [6.45, 7) is 1.64. The van der Waals surface area contributed by atoms with Crippen molar-refractivity contribution >= 4 is 37.4 Å². The number of aryl methyl sites for hydroxylation is 1. The van der Waals surface area contributed by atoms with Gasteiger partial charge in [0, 0.05) is 11.3 Å². The van der Waals surface area contributed by atoms with Crippen molar-refractivity contribution in [3.63, 3.8) is 0 Å². The lowest BCUT2D eigenvalue weighted by molar-refractivity contribution is 0.482. The van der Waals surface area contributed by atoms with E-state index < -0.39 is 10.1 Å². The van der Waals surface area contributed by atoms with Crippen molar-refractivity contribution in [2.45, 2.75) is 11.8 Å². The highest BCUT2D eigenvalue weighted by Gasteiger charge is 2.16. The molecule has 2 aromatic carbocycles. The Bertz CT molecular complexity index is 929. The number of hydrogen-bond acceptors (Lipinski definition) is 5. The molecule has 0 aliphatic carbocycles. The van der Waals surface area contributed by atoms with Crippen molar-refractivity contribution in [1.82, 2.24) is 4.98 Å². The summed E-state index contributed by atoms with van der Waals surface area (Å²) < 4.78 is 32.7. The summed E-state index contributed by atoms with van der Waals surface area (Å²) in [5.41, 5.74) is 8.28. The van der Waals surface area contributed by atoms with Crippen LogP contribution in [0.3, 0.4) is 0 Å². The smallest absolute Gasteiger partial charge is 0.294 e. The number of nitrogen functional groups attached to an aromatic ring is 1. The molecule has 3 N–H and O–H groups in total. The molecule has 3 rings (SSSR count). The Hall–Kier alpha value is -1.96. The second-order valence-electron chi connectivity index (χ2n) is 4.70. The van der Waals surface area contributed by atoms with E-state index in [9.17, 15) is 13.0 Å². The van der Waals surface area contributed by atoms with Gasteiger partial charge in [0.05, 0.1) is 15.1 Å². The lowest BCUT2D eigenvalue weighted by atomic mass is 10.2. The van der Waals surface area contributed by atoms with Gasteiger partial charge in [-0.25, -0.2) is 4.98 Å². The zero-order chi connectivity index (χ0) is 15.2. The number of aromatic nitrogens is 1. The summed E-state index contributed by atoms with van der Waals surface area (Å²) in [7, 11) is -4.24. The molecule has 0 aliphatic heterocycles. The molecule has 1 heterocycles. The van der Waals surface area contributed by atoms with Gasteiger partial charge in [-0.05, 0) is 48.9 Å². The van der Waals surface area contributed by atoms with Crippen molar-refractivity contribution < 1.29 is 13.0 Å². The van der Waals surface area contributed by atoms with E-state index in [1.807, 2.05) is 12.1 Å². The van der Waals surface area contributed by atoms with Crippen LogP contribution in [0.1, 0.15) is 5.56 Å². The monoisotopic (exact) mass is 320 g/mol. The van der Waals surface area contributed by atoms with Crippen LogP contribution in [0.5, 0.6) is 0 Å². The van der Waals surface area contributed by atoms with E-state index in [1.165, 1.54) is 17.4 Å². The van der Waals surface area contributed by atoms with Crippen LogP contribution in [-0.2, 0) is 10.1 Å². The molecule has 5 nitrogen and oxygen atoms in total. The van der Waals surface area contributed by atoms with Gasteiger partial charge in [-0.3, -0.25) is 4.55 Å². The molecule has 0 bridgehead atoms. The van der Waals surface area contributed by atoms with Crippen LogP contribution in [-0.4, -0.2) is 18.0 Å². The van der Waals surface area contributed by atoms with Crippen molar-refractivity contribution in [2.24, 2.45) is 0 Å². The maximum Gasteiger partial charge on any atom is 0.294 e. The predicted molar refractivity (Wildman–Crippen MR) is 84.0 cm³/mol. The van der Waals surface area contributed by atoms with E-state index >= 15 is 0 Å². The van der Waals surface area contributed by atoms with E-state index in [1.54, 1.807) is 25.1 Å². The van der Waals surface area contributed by atoms with Gasteiger partial charge >= 0.3 is 0 Å². The lowest BCUT2D eigenvalue weighted by Crippen LogP contribution is -2.00. The summed E-state index contributed by atoms with van der Waals surface area (Å²) >= 11 is 1.46. The Morgan fingerprint density at radius 2 is 1.86 bits per heavy atom. The highest BCUT2D eigenvalue weighted by atomic mass is 32.2. The molecular weight excluding hydrogens is 308 g/mol. The Morgan fingerprint density at radius 1 is 1.19 bits per heavy atom. The van der Waals surface area contributed by atoms with E-state index in [0.29, 0.717) is 16.8 Å². The van der Waals surface area contributed by atoms with Crippen molar-refractivity contribution in [3.8, 4) is 10.6 Å². The quantitative estimate of drug-likeness (QED) is 0.559. The molecule has 0 atom stereocenters. The van der Waals surface area contributed by atoms with Gasteiger partial charge in [0.1, 0.15) is 5.01 Å². The van der Waals surface area contributed by atoms with Crippen LogP contribution in [0, 0.1) is 6.92 Å². The largest absolute Gasteiger partial charge is 0.399 e. The van der Waals surface area contributed by atoms with E-state index in [2.05, 4.69) is 4.98 Å². The number of anilines is 1. The van der Waals surface area contributed by atoms with Gasteiger partial charge in [-0.1, -0.05) is 0 Å². The average Bonchev–Trinajstić information content (AvgIpc) is 2.80. The fourth-order valence-electron chi connectivity index (χ4n) is 2.08. The number of nitrogens with two attached hydrogens (primary N) is 1. The predicted octanol–water partition coefficient (Wildman–Crippen LogP) is 3.10. The zero-order valence-corrected chi connectivity index (χ0v) is 12.7. The first-order chi connectivity index (χ1) is 9.84. The van der Waals surface area contributed by atoms with Crippen LogP contribution in [0.4, 0.5) is 5.69 Å². The number of thiazole rings is 1. The fraction of sp³-hybridized carbons (Fsp3) is 0.0714. The van der Waals surface area contributed by atoms with Gasteiger partial charge in [0.2, 0.25) is 0 Å². The van der Waals surface area contributed by atoms with Gasteiger partial charge in [0.15, 0.2) is 0 Å². The molecule has 108 valence electrons. The Morgan fingerprint density at radius 3 is 2.48 bits per heavy atom. The number of rotatable bonds is 2. The second-order valence-corrected chi connectivity index (χ2v) is 7.12. The Balaban J connectivity index is 2.19. The molecule has 0 aliphatic rings. The first-order valence-corrected chi connectivity index (χ1v) is 8.35. The van der Waals surface area contributed by atoms with E-state index in [0.717, 1.165) is 15.3 Å². The number of hydrogen-bond donors (Lipinski definition) is 2. The fourth-order valence-corrected chi connectivity index (χ4v) is 3.86. The van der Waals surface area contributed by atoms with Crippen LogP contribution < -0.4 is 5.73 Å². The molecule has 0 amide bonds. The number of benzene rings is 2. The summed E-state index contributed by atoms with van der Waals surface area (Å²) in [5.74, 6) is 0. The molecule has 1 aromatic heterocycles. The van der Waals surface area contributed by atoms with Crippen LogP contribution in [0.15, 0.2) is 41.3 Å². The Kier molecular flexibility index (Phi) is 3.20. The SMILES string of the molecule is Cc1cc2sc(-c3ccc(N)cc3)nc2cc1S(=O)(=O)O. The van der Waals surface area contributed by atoms with Crippen molar-refractivity contribution in [1.29, 1.82) is 0 Å². The summed E-state index contributed by atoms with van der Waals surface area (Å²) in [6, 6.07) is 10.4. The van der Waals surface area contributed by atoms with Gasteiger partial charge < -0.3 is 5.73 Å². The molecule has 7 heteroatoms. The maximum absolute atomic E-state index is 11.3. The molecule has 21 heavy (non-hydrogen) atoms. The summed E-state index contributed by atoms with van der Waals surface area (Å²) in [6.07, 6.45) is 0. The molecule has 0 saturated heterocycles. The third kappa shape index (κ3) is 2.63. The minimum Gasteiger partial charge on any atom is -0.399 e. The van der Waals surface area contributed by atoms with Crippen LogP contribution in [0.25, 0.3) is 20.8 Å². The Labute approximate surface area is 125 Å². The number of fused-ring (bicyclic) bond motifs is 1. The lowest BCUT2D eigenvalue weighted by Gasteiger charge is -2.01. The molecule has 0 saturated carbocycles. The third-order valence-corrected chi connectivity index (χ3v) is 5.18. The molecule has 0 spiro atoms. The normalized spacial score (nSPS) is 11.9. The standard InChI is InChI=1S/C14H12N2O3S2/c1-8-6-12-11(7-13(8)21(17,18)19)16-14(20-12)9-2-4-10(15)5-3-9/h2-7H,15H2,1H3,(H,17,18,19). The molecule has 0 unspecified atom stereocenters. The third-order valence-electron chi connectivity index (χ3n) is 3.12. The topological polar surface area (TPSA) is 93.3 Å². The average molecular weight is 320 g/mol. The first-order valence-electron chi connectivity index (χ1n) is 6.09. The van der Waals surface area contributed by atoms with Crippen LogP contribution in [0.2, 0.25) is 0 Å². The molecule has 0 fully saturated rings. The van der Waals surface area contributed by atoms with Crippen molar-refractivity contribution in [3.05, 3.63) is 42.0 Å². The molecule has 0 radical (unpaired) electrons. The van der Waals surface area contributed by atoms with Gasteiger partial charge in [-0.15, -0.1) is 11.3 Å². The molecule has 3 aromatic rings. The minimum absolute atomic E-state index is 0.107. The zero-order valence-electron chi connectivity index (χ0n) is 11.1. The summed E-state index contributed by atoms with van der Waals surface area (Å²) in [5, 5.41) is 0.775. The second kappa shape index (κ2) is 4.80. The first kappa shape index (κ1) is 14.0. The van der Waals surface area contributed by atoms with E-state index in [-0.39, 0.29) is 4.90 Å². The number of nitrogens with zero attached hydrogens (tertiary/aromatic N) is 1. The highest BCUT2D eigenvalue weighted by molar-refractivity contribution is 7.85. The summed E-state index contributed by atoms with van der Waals surface area (Å²) in [4.78, 5) is 4.32.